The predicted molar refractivity (Wildman–Crippen MR) is 65.0 cm³/mol. The van der Waals surface area contributed by atoms with Gasteiger partial charge in [-0.25, -0.2) is 0 Å². The van der Waals surface area contributed by atoms with Crippen LogP contribution < -0.4 is 5.73 Å². The fourth-order valence-corrected chi connectivity index (χ4v) is 1.63. The molecule has 0 fully saturated rings. The van der Waals surface area contributed by atoms with Gasteiger partial charge in [0.15, 0.2) is 0 Å². The molecule has 0 amide bonds. The summed E-state index contributed by atoms with van der Waals surface area (Å²) >= 11 is 3.98. The topological polar surface area (TPSA) is 90.3 Å². The molecule has 0 heterocycles. The summed E-state index contributed by atoms with van der Waals surface area (Å²) in [5, 5.41) is 28.2. The molecule has 0 aliphatic heterocycles. The summed E-state index contributed by atoms with van der Waals surface area (Å²) in [6.45, 7) is 0. The average molecular weight is 238 g/mol. The van der Waals surface area contributed by atoms with Gasteiger partial charge < -0.3 is 15.9 Å². The van der Waals surface area contributed by atoms with Crippen molar-refractivity contribution in [2.45, 2.75) is 18.6 Å². The van der Waals surface area contributed by atoms with Crippen LogP contribution in [0.15, 0.2) is 18.2 Å². The Morgan fingerprint density at radius 2 is 2.12 bits per heavy atom. The average Bonchev–Trinajstić information content (AvgIpc) is 2.29. The van der Waals surface area contributed by atoms with E-state index in [2.05, 4.69) is 12.6 Å². The molecule has 0 saturated heterocycles. The Bertz CT molecular complexity index is 403. The number of nitrogens with two attached hydrogens (primary N) is 1. The normalized spacial score (nSPS) is 14.1. The highest BCUT2D eigenvalue weighted by Crippen LogP contribution is 2.22. The largest absolute Gasteiger partial charge is 0.398 e. The highest BCUT2D eigenvalue weighted by atomic mass is 32.1. The van der Waals surface area contributed by atoms with E-state index < -0.39 is 12.2 Å². The Morgan fingerprint density at radius 3 is 2.69 bits per heavy atom. The molecule has 4 N–H and O–H groups in total. The van der Waals surface area contributed by atoms with Crippen LogP contribution in [0.5, 0.6) is 0 Å². The van der Waals surface area contributed by atoms with E-state index in [-0.39, 0.29) is 0 Å². The van der Waals surface area contributed by atoms with Crippen molar-refractivity contribution < 1.29 is 10.2 Å². The third-order valence-electron chi connectivity index (χ3n) is 2.33. The van der Waals surface area contributed by atoms with Crippen molar-refractivity contribution in [1.29, 1.82) is 5.26 Å². The van der Waals surface area contributed by atoms with Crippen molar-refractivity contribution in [3.05, 3.63) is 29.3 Å². The maximum absolute atomic E-state index is 9.80. The Hall–Kier alpha value is -1.22. The Morgan fingerprint density at radius 1 is 1.44 bits per heavy atom. The van der Waals surface area contributed by atoms with Crippen LogP contribution in [0.4, 0.5) is 5.69 Å². The number of anilines is 1. The zero-order valence-electron chi connectivity index (χ0n) is 8.67. The fraction of sp³-hybridized carbons (Fsp3) is 0.364. The van der Waals surface area contributed by atoms with Gasteiger partial charge in [-0.05, 0) is 29.9 Å². The Labute approximate surface area is 99.7 Å². The molecule has 1 aromatic rings. The number of aliphatic hydroxyl groups excluding tert-OH is 2. The number of hydrogen-bond acceptors (Lipinski definition) is 5. The lowest BCUT2D eigenvalue weighted by atomic mass is 10.00. The Kier molecular flexibility index (Phi) is 4.62. The van der Waals surface area contributed by atoms with E-state index in [1.807, 2.05) is 6.07 Å². The van der Waals surface area contributed by atoms with Crippen LogP contribution in [0.1, 0.15) is 23.7 Å². The molecule has 0 saturated carbocycles. The summed E-state index contributed by atoms with van der Waals surface area (Å²) < 4.78 is 0. The second-order valence-electron chi connectivity index (χ2n) is 3.48. The van der Waals surface area contributed by atoms with E-state index in [1.54, 1.807) is 12.1 Å². The van der Waals surface area contributed by atoms with Crippen LogP contribution in [0.3, 0.4) is 0 Å². The highest BCUT2D eigenvalue weighted by molar-refractivity contribution is 7.80. The monoisotopic (exact) mass is 238 g/mol. The van der Waals surface area contributed by atoms with Gasteiger partial charge in [-0.3, -0.25) is 0 Å². The van der Waals surface area contributed by atoms with Crippen LogP contribution in [0.25, 0.3) is 0 Å². The molecular formula is C11H14N2O2S. The lowest BCUT2D eigenvalue weighted by Gasteiger charge is -2.17. The number of hydrogen-bond donors (Lipinski definition) is 4. The fourth-order valence-electron chi connectivity index (χ4n) is 1.37. The molecule has 86 valence electrons. The number of nitrogens with zero attached hydrogens (tertiary/aromatic N) is 1. The molecular weight excluding hydrogens is 224 g/mol. The van der Waals surface area contributed by atoms with Gasteiger partial charge in [0.2, 0.25) is 0 Å². The van der Waals surface area contributed by atoms with E-state index >= 15 is 0 Å². The van der Waals surface area contributed by atoms with Crippen molar-refractivity contribution >= 4 is 18.3 Å². The van der Waals surface area contributed by atoms with Crippen molar-refractivity contribution in [2.24, 2.45) is 0 Å². The standard InChI is InChI=1S/C11H14N2O2S/c12-6-8-5-7(1-2-9(8)13)11(15)10(14)3-4-16/h1-2,5,10-11,14-16H,3-4,13H2. The number of benzene rings is 1. The minimum Gasteiger partial charge on any atom is -0.398 e. The first kappa shape index (κ1) is 12.8. The highest BCUT2D eigenvalue weighted by Gasteiger charge is 2.18. The minimum absolute atomic E-state index is 0.301. The smallest absolute Gasteiger partial charge is 0.105 e. The first-order valence-corrected chi connectivity index (χ1v) is 5.50. The van der Waals surface area contributed by atoms with E-state index in [1.165, 1.54) is 6.07 Å². The second kappa shape index (κ2) is 5.75. The zero-order valence-corrected chi connectivity index (χ0v) is 9.56. The molecule has 5 heteroatoms. The van der Waals surface area contributed by atoms with Gasteiger partial charge >= 0.3 is 0 Å². The third-order valence-corrected chi connectivity index (χ3v) is 2.59. The minimum atomic E-state index is -1.01. The summed E-state index contributed by atoms with van der Waals surface area (Å²) in [7, 11) is 0. The van der Waals surface area contributed by atoms with Crippen molar-refractivity contribution in [2.75, 3.05) is 11.5 Å². The summed E-state index contributed by atoms with van der Waals surface area (Å²) in [5.41, 5.74) is 6.71. The first-order chi connectivity index (χ1) is 7.60. The maximum atomic E-state index is 9.80. The molecule has 0 spiro atoms. The van der Waals surface area contributed by atoms with E-state index in [0.29, 0.717) is 29.0 Å². The molecule has 2 atom stereocenters. The van der Waals surface area contributed by atoms with Crippen molar-refractivity contribution in [3.8, 4) is 6.07 Å². The Balaban J connectivity index is 2.92. The molecule has 0 radical (unpaired) electrons. The molecule has 1 rings (SSSR count). The number of aliphatic hydroxyl groups is 2. The quantitative estimate of drug-likeness (QED) is 0.462. The molecule has 0 bridgehead atoms. The number of rotatable bonds is 4. The summed E-state index contributed by atoms with van der Waals surface area (Å²) in [6, 6.07) is 6.56. The van der Waals surface area contributed by atoms with Gasteiger partial charge in [-0.1, -0.05) is 6.07 Å². The molecule has 1 aromatic carbocycles. The van der Waals surface area contributed by atoms with Gasteiger partial charge in [0, 0.05) is 5.69 Å². The third kappa shape index (κ3) is 2.89. The maximum Gasteiger partial charge on any atom is 0.105 e. The lowest BCUT2D eigenvalue weighted by molar-refractivity contribution is 0.0172. The van der Waals surface area contributed by atoms with Crippen LogP contribution in [-0.2, 0) is 0 Å². The summed E-state index contributed by atoms with van der Waals surface area (Å²) in [6.07, 6.45) is -1.51. The predicted octanol–water partition coefficient (Wildman–Crippen LogP) is 0.855. The molecule has 16 heavy (non-hydrogen) atoms. The summed E-state index contributed by atoms with van der Waals surface area (Å²) in [5.74, 6) is 0.484. The molecule has 4 nitrogen and oxygen atoms in total. The van der Waals surface area contributed by atoms with E-state index in [4.69, 9.17) is 11.0 Å². The van der Waals surface area contributed by atoms with Gasteiger partial charge in [0.1, 0.15) is 12.2 Å². The van der Waals surface area contributed by atoms with Gasteiger partial charge in [0.05, 0.1) is 11.7 Å². The van der Waals surface area contributed by atoms with Crippen LogP contribution >= 0.6 is 12.6 Å². The zero-order chi connectivity index (χ0) is 12.1. The van der Waals surface area contributed by atoms with E-state index in [9.17, 15) is 10.2 Å². The molecule has 0 aromatic heterocycles. The summed E-state index contributed by atoms with van der Waals surface area (Å²) in [4.78, 5) is 0. The van der Waals surface area contributed by atoms with Gasteiger partial charge in [-0.15, -0.1) is 0 Å². The van der Waals surface area contributed by atoms with Gasteiger partial charge in [0.25, 0.3) is 0 Å². The second-order valence-corrected chi connectivity index (χ2v) is 3.93. The van der Waals surface area contributed by atoms with Crippen LogP contribution in [-0.4, -0.2) is 22.1 Å². The van der Waals surface area contributed by atoms with E-state index in [0.717, 1.165) is 0 Å². The van der Waals surface area contributed by atoms with Gasteiger partial charge in [-0.2, -0.15) is 17.9 Å². The first-order valence-electron chi connectivity index (χ1n) is 4.86. The SMILES string of the molecule is N#Cc1cc(C(O)C(O)CCS)ccc1N. The number of nitriles is 1. The molecule has 0 aliphatic carbocycles. The molecule has 2 unspecified atom stereocenters. The van der Waals surface area contributed by atoms with Crippen molar-refractivity contribution in [3.63, 3.8) is 0 Å². The number of nitrogen functional groups attached to an aromatic ring is 1. The number of thiol groups is 1. The molecule has 0 aliphatic rings. The lowest BCUT2D eigenvalue weighted by Crippen LogP contribution is -2.18. The van der Waals surface area contributed by atoms with Crippen LogP contribution in [0, 0.1) is 11.3 Å². The van der Waals surface area contributed by atoms with Crippen molar-refractivity contribution in [1.82, 2.24) is 0 Å². The van der Waals surface area contributed by atoms with Crippen LogP contribution in [0.2, 0.25) is 0 Å².